The predicted octanol–water partition coefficient (Wildman–Crippen LogP) is 6.26. The highest BCUT2D eigenvalue weighted by Gasteiger charge is 2.26. The predicted molar refractivity (Wildman–Crippen MR) is 114 cm³/mol. The van der Waals surface area contributed by atoms with Gasteiger partial charge in [-0.1, -0.05) is 91.0 Å². The van der Waals surface area contributed by atoms with Crippen molar-refractivity contribution in [2.45, 2.75) is 0 Å². The van der Waals surface area contributed by atoms with Gasteiger partial charge in [-0.25, -0.2) is 0 Å². The maximum atomic E-state index is 6.14. The molecule has 1 aliphatic carbocycles. The molecular formula is C26H19N. The molecule has 0 aromatic heterocycles. The Balaban J connectivity index is 1.93. The minimum atomic E-state index is 0.779. The summed E-state index contributed by atoms with van der Waals surface area (Å²) in [6, 6.07) is 36.1. The molecule has 0 heterocycles. The number of nitrogen functional groups attached to an aromatic ring is 1. The van der Waals surface area contributed by atoms with Gasteiger partial charge in [0.2, 0.25) is 0 Å². The molecule has 0 saturated heterocycles. The number of nitrogens with two attached hydrogens (primary N) is 1. The van der Waals surface area contributed by atoms with Gasteiger partial charge in [0.25, 0.3) is 0 Å². The zero-order chi connectivity index (χ0) is 18.2. The molecule has 0 atom stereocenters. The summed E-state index contributed by atoms with van der Waals surface area (Å²) in [7, 11) is 0. The van der Waals surface area contributed by atoms with E-state index in [1.807, 2.05) is 12.1 Å². The van der Waals surface area contributed by atoms with Crippen LogP contribution in [0, 0.1) is 0 Å². The van der Waals surface area contributed by atoms with E-state index in [9.17, 15) is 0 Å². The fourth-order valence-corrected chi connectivity index (χ4v) is 4.04. The molecule has 0 saturated carbocycles. The Morgan fingerprint density at radius 1 is 0.481 bits per heavy atom. The summed E-state index contributed by atoms with van der Waals surface area (Å²) < 4.78 is 0. The molecule has 0 radical (unpaired) electrons. The van der Waals surface area contributed by atoms with Gasteiger partial charge in [0.15, 0.2) is 0 Å². The maximum absolute atomic E-state index is 6.14. The molecule has 0 fully saturated rings. The van der Waals surface area contributed by atoms with E-state index in [2.05, 4.69) is 91.0 Å². The smallest absolute Gasteiger partial charge is 0.0320 e. The van der Waals surface area contributed by atoms with E-state index in [1.54, 1.807) is 0 Å². The molecule has 4 aromatic carbocycles. The highest BCUT2D eigenvalue weighted by molar-refractivity contribution is 6.13. The van der Waals surface area contributed by atoms with Crippen molar-refractivity contribution in [3.8, 4) is 11.1 Å². The number of rotatable bonds is 2. The summed E-state index contributed by atoms with van der Waals surface area (Å²) in [4.78, 5) is 0. The van der Waals surface area contributed by atoms with Crippen LogP contribution in [0.25, 0.3) is 22.3 Å². The van der Waals surface area contributed by atoms with E-state index in [-0.39, 0.29) is 0 Å². The van der Waals surface area contributed by atoms with Crippen molar-refractivity contribution < 1.29 is 0 Å². The number of benzene rings is 4. The van der Waals surface area contributed by atoms with E-state index in [0.29, 0.717) is 0 Å². The van der Waals surface area contributed by atoms with Crippen LogP contribution in [0.1, 0.15) is 22.3 Å². The van der Waals surface area contributed by atoms with Crippen LogP contribution in [-0.4, -0.2) is 0 Å². The second-order valence-corrected chi connectivity index (χ2v) is 6.83. The van der Waals surface area contributed by atoms with Crippen LogP contribution in [-0.2, 0) is 0 Å². The quantitative estimate of drug-likeness (QED) is 0.376. The lowest BCUT2D eigenvalue weighted by Gasteiger charge is -2.15. The molecular weight excluding hydrogens is 326 g/mol. The van der Waals surface area contributed by atoms with Gasteiger partial charge in [0.1, 0.15) is 0 Å². The Morgan fingerprint density at radius 3 is 1.59 bits per heavy atom. The second kappa shape index (κ2) is 6.30. The third-order valence-electron chi connectivity index (χ3n) is 5.17. The van der Waals surface area contributed by atoms with Crippen LogP contribution in [0.5, 0.6) is 0 Å². The first kappa shape index (κ1) is 15.7. The number of fused-ring (bicyclic) bond motifs is 3. The normalized spacial score (nSPS) is 11.8. The van der Waals surface area contributed by atoms with Crippen molar-refractivity contribution in [2.75, 3.05) is 5.73 Å². The lowest BCUT2D eigenvalue weighted by molar-refractivity contribution is 1.53. The summed E-state index contributed by atoms with van der Waals surface area (Å²) in [6.45, 7) is 0. The van der Waals surface area contributed by atoms with Gasteiger partial charge in [0.05, 0.1) is 0 Å². The van der Waals surface area contributed by atoms with Crippen molar-refractivity contribution in [3.63, 3.8) is 0 Å². The third-order valence-corrected chi connectivity index (χ3v) is 5.17. The molecule has 5 rings (SSSR count). The molecule has 0 amide bonds. The molecule has 2 N–H and O–H groups in total. The van der Waals surface area contributed by atoms with Gasteiger partial charge >= 0.3 is 0 Å². The van der Waals surface area contributed by atoms with Gasteiger partial charge in [-0.3, -0.25) is 0 Å². The van der Waals surface area contributed by atoms with Crippen LogP contribution in [0.3, 0.4) is 0 Å². The zero-order valence-corrected chi connectivity index (χ0v) is 14.9. The average Bonchev–Trinajstić information content (AvgIpc) is 3.04. The van der Waals surface area contributed by atoms with Crippen molar-refractivity contribution in [3.05, 3.63) is 125 Å². The minimum Gasteiger partial charge on any atom is -0.399 e. The lowest BCUT2D eigenvalue weighted by atomic mass is 9.88. The molecule has 0 spiro atoms. The Labute approximate surface area is 159 Å². The summed E-state index contributed by atoms with van der Waals surface area (Å²) in [5, 5.41) is 0. The van der Waals surface area contributed by atoms with Gasteiger partial charge in [-0.15, -0.1) is 0 Å². The van der Waals surface area contributed by atoms with Crippen LogP contribution in [0.2, 0.25) is 0 Å². The van der Waals surface area contributed by atoms with Crippen LogP contribution >= 0.6 is 0 Å². The SMILES string of the molecule is Nc1cccc(C(=C2c3ccccc3-c3ccccc32)c2ccccc2)c1. The van der Waals surface area contributed by atoms with Crippen LogP contribution in [0.15, 0.2) is 103 Å². The van der Waals surface area contributed by atoms with Crippen molar-refractivity contribution in [2.24, 2.45) is 0 Å². The minimum absolute atomic E-state index is 0.779. The van der Waals surface area contributed by atoms with Crippen molar-refractivity contribution in [1.29, 1.82) is 0 Å². The van der Waals surface area contributed by atoms with Gasteiger partial charge < -0.3 is 5.73 Å². The third kappa shape index (κ3) is 2.56. The van der Waals surface area contributed by atoms with Gasteiger partial charge in [0, 0.05) is 5.69 Å². The topological polar surface area (TPSA) is 26.0 Å². The van der Waals surface area contributed by atoms with E-state index in [4.69, 9.17) is 5.73 Å². The van der Waals surface area contributed by atoms with E-state index in [0.717, 1.165) is 11.3 Å². The highest BCUT2D eigenvalue weighted by atomic mass is 14.5. The highest BCUT2D eigenvalue weighted by Crippen LogP contribution is 2.48. The molecule has 0 aliphatic heterocycles. The molecule has 1 aliphatic rings. The van der Waals surface area contributed by atoms with E-state index < -0.39 is 0 Å². The number of hydrogen-bond donors (Lipinski definition) is 1. The lowest BCUT2D eigenvalue weighted by Crippen LogP contribution is -1.96. The van der Waals surface area contributed by atoms with E-state index in [1.165, 1.54) is 39.0 Å². The standard InChI is InChI=1S/C26H19N/c27-20-12-8-11-19(17-20)25(18-9-2-1-3-10-18)26-23-15-6-4-13-21(23)22-14-5-7-16-24(22)26/h1-17H,27H2. The van der Waals surface area contributed by atoms with Crippen molar-refractivity contribution >= 4 is 16.8 Å². The Kier molecular flexibility index (Phi) is 3.65. The molecule has 0 bridgehead atoms. The van der Waals surface area contributed by atoms with Crippen LogP contribution in [0.4, 0.5) is 5.69 Å². The van der Waals surface area contributed by atoms with Gasteiger partial charge in [-0.2, -0.15) is 0 Å². The zero-order valence-electron chi connectivity index (χ0n) is 14.9. The molecule has 1 heteroatoms. The summed E-state index contributed by atoms with van der Waals surface area (Å²) in [5.74, 6) is 0. The Hall–Kier alpha value is -3.58. The van der Waals surface area contributed by atoms with Crippen molar-refractivity contribution in [1.82, 2.24) is 0 Å². The first-order chi connectivity index (χ1) is 13.3. The van der Waals surface area contributed by atoms with E-state index >= 15 is 0 Å². The molecule has 1 nitrogen and oxygen atoms in total. The summed E-state index contributed by atoms with van der Waals surface area (Å²) in [6.07, 6.45) is 0. The second-order valence-electron chi connectivity index (χ2n) is 6.83. The largest absolute Gasteiger partial charge is 0.399 e. The molecule has 27 heavy (non-hydrogen) atoms. The fourth-order valence-electron chi connectivity index (χ4n) is 4.04. The molecule has 4 aromatic rings. The van der Waals surface area contributed by atoms with Gasteiger partial charge in [-0.05, 0) is 56.7 Å². The summed E-state index contributed by atoms with van der Waals surface area (Å²) >= 11 is 0. The first-order valence-corrected chi connectivity index (χ1v) is 9.18. The first-order valence-electron chi connectivity index (χ1n) is 9.18. The maximum Gasteiger partial charge on any atom is 0.0320 e. The molecule has 0 unspecified atom stereocenters. The Bertz CT molecular complexity index is 1120. The van der Waals surface area contributed by atoms with Crippen LogP contribution < -0.4 is 5.73 Å². The average molecular weight is 345 g/mol. The molecule has 128 valence electrons. The Morgan fingerprint density at radius 2 is 1.00 bits per heavy atom. The number of hydrogen-bond acceptors (Lipinski definition) is 1. The monoisotopic (exact) mass is 345 g/mol. The fraction of sp³-hybridized carbons (Fsp3) is 0. The number of anilines is 1. The summed E-state index contributed by atoms with van der Waals surface area (Å²) in [5.41, 5.74) is 16.9.